The minimum Gasteiger partial charge on any atom is -0.355 e. The first-order valence-corrected chi connectivity index (χ1v) is 5.47. The minimum absolute atomic E-state index is 0.0623. The molecular formula is C10H13F2N5O. The molecule has 3 N–H and O–H groups in total. The van der Waals surface area contributed by atoms with Crippen molar-refractivity contribution in [1.29, 1.82) is 0 Å². The monoisotopic (exact) mass is 257 g/mol. The molecule has 98 valence electrons. The molecule has 1 aliphatic rings. The van der Waals surface area contributed by atoms with Crippen molar-refractivity contribution in [3.8, 4) is 0 Å². The summed E-state index contributed by atoms with van der Waals surface area (Å²) in [6.07, 6.45) is 2.27. The van der Waals surface area contributed by atoms with Crippen molar-refractivity contribution in [1.82, 2.24) is 15.4 Å². The number of hydrogen-bond acceptors (Lipinski definition) is 5. The number of halogens is 2. The second kappa shape index (κ2) is 4.81. The molecule has 2 rings (SSSR count). The fourth-order valence-electron chi connectivity index (χ4n) is 1.75. The summed E-state index contributed by atoms with van der Waals surface area (Å²) >= 11 is 0. The number of rotatable bonds is 2. The Morgan fingerprint density at radius 1 is 1.39 bits per heavy atom. The molecule has 1 aliphatic heterocycles. The lowest BCUT2D eigenvalue weighted by Gasteiger charge is -2.32. The van der Waals surface area contributed by atoms with Gasteiger partial charge in [-0.05, 0) is 0 Å². The Morgan fingerprint density at radius 2 is 2.06 bits per heavy atom. The molecule has 0 aliphatic carbocycles. The average Bonchev–Trinajstić information content (AvgIpc) is 2.38. The Bertz CT molecular complexity index is 444. The van der Waals surface area contributed by atoms with Gasteiger partial charge in [0.1, 0.15) is 11.5 Å². The molecule has 0 radical (unpaired) electrons. The van der Waals surface area contributed by atoms with Gasteiger partial charge in [0.2, 0.25) is 0 Å². The molecular weight excluding hydrogens is 244 g/mol. The van der Waals surface area contributed by atoms with Crippen molar-refractivity contribution in [3.63, 3.8) is 0 Å². The van der Waals surface area contributed by atoms with E-state index in [0.29, 0.717) is 5.82 Å². The van der Waals surface area contributed by atoms with E-state index in [0.717, 1.165) is 0 Å². The molecule has 1 fully saturated rings. The van der Waals surface area contributed by atoms with Gasteiger partial charge in [0.05, 0.1) is 12.4 Å². The van der Waals surface area contributed by atoms with E-state index >= 15 is 0 Å². The predicted molar refractivity (Wildman–Crippen MR) is 60.1 cm³/mol. The SMILES string of the molecule is NNC(=O)c1cncc(N2CCC(F)(F)CC2)n1. The molecule has 1 amide bonds. The number of nitrogens with zero attached hydrogens (tertiary/aromatic N) is 3. The first-order valence-electron chi connectivity index (χ1n) is 5.47. The molecule has 1 aromatic rings. The second-order valence-corrected chi connectivity index (χ2v) is 4.08. The number of nitrogen functional groups attached to an aromatic ring is 1. The Morgan fingerprint density at radius 3 is 2.67 bits per heavy atom. The number of hydrogen-bond donors (Lipinski definition) is 2. The summed E-state index contributed by atoms with van der Waals surface area (Å²) in [7, 11) is 0. The van der Waals surface area contributed by atoms with Crippen LogP contribution in [0.15, 0.2) is 12.4 Å². The molecule has 0 unspecified atom stereocenters. The van der Waals surface area contributed by atoms with Crippen molar-refractivity contribution in [2.24, 2.45) is 5.84 Å². The van der Waals surface area contributed by atoms with E-state index in [2.05, 4.69) is 9.97 Å². The Balaban J connectivity index is 2.12. The Kier molecular flexibility index (Phi) is 3.37. The van der Waals surface area contributed by atoms with Crippen LogP contribution in [0.5, 0.6) is 0 Å². The molecule has 8 heteroatoms. The summed E-state index contributed by atoms with van der Waals surface area (Å²) in [6, 6.07) is 0. The van der Waals surface area contributed by atoms with E-state index < -0.39 is 11.8 Å². The summed E-state index contributed by atoms with van der Waals surface area (Å²) in [4.78, 5) is 20.9. The molecule has 2 heterocycles. The molecule has 1 saturated heterocycles. The highest BCUT2D eigenvalue weighted by molar-refractivity contribution is 5.91. The fourth-order valence-corrected chi connectivity index (χ4v) is 1.75. The molecule has 6 nitrogen and oxygen atoms in total. The molecule has 18 heavy (non-hydrogen) atoms. The van der Waals surface area contributed by atoms with E-state index in [1.165, 1.54) is 12.4 Å². The van der Waals surface area contributed by atoms with Gasteiger partial charge in [-0.3, -0.25) is 15.2 Å². The minimum atomic E-state index is -2.61. The Hall–Kier alpha value is -1.83. The van der Waals surface area contributed by atoms with Gasteiger partial charge in [0, 0.05) is 25.9 Å². The van der Waals surface area contributed by atoms with Gasteiger partial charge in [-0.1, -0.05) is 0 Å². The summed E-state index contributed by atoms with van der Waals surface area (Å²) in [6.45, 7) is 0.380. The van der Waals surface area contributed by atoms with Crippen LogP contribution in [0.2, 0.25) is 0 Å². The van der Waals surface area contributed by atoms with Gasteiger partial charge >= 0.3 is 0 Å². The number of anilines is 1. The third-order valence-electron chi connectivity index (χ3n) is 2.80. The molecule has 0 aromatic carbocycles. The van der Waals surface area contributed by atoms with E-state index in [-0.39, 0.29) is 31.6 Å². The molecule has 0 spiro atoms. The van der Waals surface area contributed by atoms with Crippen LogP contribution in [0.1, 0.15) is 23.3 Å². The Labute approximate surface area is 102 Å². The maximum Gasteiger partial charge on any atom is 0.285 e. The first kappa shape index (κ1) is 12.6. The average molecular weight is 257 g/mol. The van der Waals surface area contributed by atoms with Crippen LogP contribution in [0.25, 0.3) is 0 Å². The van der Waals surface area contributed by atoms with Gasteiger partial charge < -0.3 is 4.90 Å². The highest BCUT2D eigenvalue weighted by atomic mass is 19.3. The molecule has 0 atom stereocenters. The summed E-state index contributed by atoms with van der Waals surface area (Å²) in [5, 5.41) is 0. The van der Waals surface area contributed by atoms with Crippen LogP contribution in [0, 0.1) is 0 Å². The number of piperidine rings is 1. The van der Waals surface area contributed by atoms with Crippen molar-refractivity contribution in [2.45, 2.75) is 18.8 Å². The lowest BCUT2D eigenvalue weighted by molar-refractivity contribution is -0.0221. The number of carbonyl (C=O) groups excluding carboxylic acids is 1. The standard InChI is InChI=1S/C10H13F2N5O/c11-10(12)1-3-17(4-2-10)8-6-14-5-7(15-8)9(18)16-13/h5-6H,1-4,13H2,(H,16,18). The topological polar surface area (TPSA) is 84.1 Å². The van der Waals surface area contributed by atoms with Crippen molar-refractivity contribution >= 4 is 11.7 Å². The van der Waals surface area contributed by atoms with E-state index in [9.17, 15) is 13.6 Å². The van der Waals surface area contributed by atoms with Crippen LogP contribution < -0.4 is 16.2 Å². The molecule has 0 bridgehead atoms. The highest BCUT2D eigenvalue weighted by Gasteiger charge is 2.34. The van der Waals surface area contributed by atoms with Gasteiger partial charge in [0.15, 0.2) is 0 Å². The van der Waals surface area contributed by atoms with E-state index in [4.69, 9.17) is 5.84 Å². The lowest BCUT2D eigenvalue weighted by Crippen LogP contribution is -2.40. The number of aromatic nitrogens is 2. The number of carbonyl (C=O) groups is 1. The number of hydrazine groups is 1. The van der Waals surface area contributed by atoms with Crippen LogP contribution >= 0.6 is 0 Å². The van der Waals surface area contributed by atoms with Crippen molar-refractivity contribution < 1.29 is 13.6 Å². The van der Waals surface area contributed by atoms with Crippen LogP contribution in [-0.2, 0) is 0 Å². The zero-order valence-electron chi connectivity index (χ0n) is 9.57. The summed E-state index contributed by atoms with van der Waals surface area (Å²) < 4.78 is 26.0. The highest BCUT2D eigenvalue weighted by Crippen LogP contribution is 2.29. The fraction of sp³-hybridized carbons (Fsp3) is 0.500. The molecule has 1 aromatic heterocycles. The predicted octanol–water partition coefficient (Wildman–Crippen LogP) is 0.316. The second-order valence-electron chi connectivity index (χ2n) is 4.08. The number of alkyl halides is 2. The zero-order valence-corrected chi connectivity index (χ0v) is 9.57. The number of nitrogens with one attached hydrogen (secondary N) is 1. The number of nitrogens with two attached hydrogens (primary N) is 1. The normalized spacial score (nSPS) is 18.5. The smallest absolute Gasteiger partial charge is 0.285 e. The van der Waals surface area contributed by atoms with Crippen molar-refractivity contribution in [3.05, 3.63) is 18.1 Å². The van der Waals surface area contributed by atoms with Crippen LogP contribution in [0.3, 0.4) is 0 Å². The van der Waals surface area contributed by atoms with Crippen LogP contribution in [-0.4, -0.2) is 34.9 Å². The third-order valence-corrected chi connectivity index (χ3v) is 2.80. The van der Waals surface area contributed by atoms with Gasteiger partial charge in [-0.2, -0.15) is 0 Å². The van der Waals surface area contributed by atoms with E-state index in [1.54, 1.807) is 4.90 Å². The zero-order chi connectivity index (χ0) is 13.2. The summed E-state index contributed by atoms with van der Waals surface area (Å²) in [5.74, 6) is 2.22. The largest absolute Gasteiger partial charge is 0.355 e. The van der Waals surface area contributed by atoms with Crippen LogP contribution in [0.4, 0.5) is 14.6 Å². The van der Waals surface area contributed by atoms with Gasteiger partial charge in [-0.25, -0.2) is 19.6 Å². The first-order chi connectivity index (χ1) is 8.52. The van der Waals surface area contributed by atoms with Gasteiger partial charge in [0.25, 0.3) is 11.8 Å². The summed E-state index contributed by atoms with van der Waals surface area (Å²) in [5.41, 5.74) is 2.01. The van der Waals surface area contributed by atoms with E-state index in [1.807, 2.05) is 5.43 Å². The molecule has 0 saturated carbocycles. The maximum atomic E-state index is 13.0. The number of amides is 1. The van der Waals surface area contributed by atoms with Gasteiger partial charge in [-0.15, -0.1) is 0 Å². The quantitative estimate of drug-likeness (QED) is 0.452. The third kappa shape index (κ3) is 2.70. The lowest BCUT2D eigenvalue weighted by atomic mass is 10.1. The van der Waals surface area contributed by atoms with Crippen molar-refractivity contribution in [2.75, 3.05) is 18.0 Å². The maximum absolute atomic E-state index is 13.0.